The van der Waals surface area contributed by atoms with E-state index in [-0.39, 0.29) is 11.9 Å². The number of halogens is 1. The van der Waals surface area contributed by atoms with Crippen molar-refractivity contribution in [2.45, 2.75) is 31.8 Å². The summed E-state index contributed by atoms with van der Waals surface area (Å²) < 4.78 is 0. The molecule has 0 radical (unpaired) electrons. The molecule has 104 valence electrons. The Morgan fingerprint density at radius 2 is 2.37 bits per heavy atom. The number of hydrogen-bond acceptors (Lipinski definition) is 4. The standard InChI is InChI=1S/C13H19ClN4O/c1-16-13(19)11-4-2-3-7-18(11)8-10-9(14)5-6-12(15)17-10/h5-6,11H,2-4,7-8H2,1H3,(H2,15,17)(H,16,19). The van der Waals surface area contributed by atoms with Crippen LogP contribution in [-0.4, -0.2) is 35.4 Å². The third-order valence-corrected chi connectivity index (χ3v) is 3.80. The van der Waals surface area contributed by atoms with E-state index in [1.165, 1.54) is 0 Å². The molecular weight excluding hydrogens is 264 g/mol. The van der Waals surface area contributed by atoms with Crippen molar-refractivity contribution in [2.75, 3.05) is 19.3 Å². The van der Waals surface area contributed by atoms with Gasteiger partial charge in [0.25, 0.3) is 0 Å². The molecule has 0 spiro atoms. The van der Waals surface area contributed by atoms with Crippen molar-refractivity contribution < 1.29 is 4.79 Å². The lowest BCUT2D eigenvalue weighted by Gasteiger charge is -2.34. The van der Waals surface area contributed by atoms with E-state index in [1.807, 2.05) is 0 Å². The Morgan fingerprint density at radius 3 is 3.11 bits per heavy atom. The van der Waals surface area contributed by atoms with Crippen LogP contribution in [0.3, 0.4) is 0 Å². The topological polar surface area (TPSA) is 71.2 Å². The molecule has 0 saturated carbocycles. The minimum Gasteiger partial charge on any atom is -0.384 e. The van der Waals surface area contributed by atoms with E-state index in [2.05, 4.69) is 15.2 Å². The molecular formula is C13H19ClN4O. The van der Waals surface area contributed by atoms with Crippen molar-refractivity contribution in [3.05, 3.63) is 22.8 Å². The molecule has 5 nitrogen and oxygen atoms in total. The van der Waals surface area contributed by atoms with E-state index in [1.54, 1.807) is 19.2 Å². The van der Waals surface area contributed by atoms with Gasteiger partial charge in [-0.3, -0.25) is 9.69 Å². The van der Waals surface area contributed by atoms with Crippen molar-refractivity contribution in [3.63, 3.8) is 0 Å². The number of nitrogen functional groups attached to an aromatic ring is 1. The molecule has 1 aromatic rings. The lowest BCUT2D eigenvalue weighted by atomic mass is 10.0. The first kappa shape index (κ1) is 14.1. The number of piperidine rings is 1. The van der Waals surface area contributed by atoms with Gasteiger partial charge >= 0.3 is 0 Å². The maximum absolute atomic E-state index is 11.9. The fourth-order valence-electron chi connectivity index (χ4n) is 2.45. The molecule has 2 heterocycles. The smallest absolute Gasteiger partial charge is 0.237 e. The van der Waals surface area contributed by atoms with E-state index in [0.29, 0.717) is 17.4 Å². The Hall–Kier alpha value is -1.33. The van der Waals surface area contributed by atoms with Crippen LogP contribution in [0, 0.1) is 0 Å². The third kappa shape index (κ3) is 3.36. The lowest BCUT2D eigenvalue weighted by Crippen LogP contribution is -2.48. The first-order valence-electron chi connectivity index (χ1n) is 6.48. The number of nitrogens with zero attached hydrogens (tertiary/aromatic N) is 2. The average molecular weight is 283 g/mol. The molecule has 1 saturated heterocycles. The number of nitrogens with two attached hydrogens (primary N) is 1. The molecule has 2 rings (SSSR count). The predicted molar refractivity (Wildman–Crippen MR) is 75.8 cm³/mol. The minimum atomic E-state index is -0.0990. The van der Waals surface area contributed by atoms with Crippen LogP contribution in [0.15, 0.2) is 12.1 Å². The third-order valence-electron chi connectivity index (χ3n) is 3.46. The van der Waals surface area contributed by atoms with Gasteiger partial charge in [0, 0.05) is 13.6 Å². The molecule has 0 bridgehead atoms. The Labute approximate surface area is 118 Å². The Bertz CT molecular complexity index is 466. The summed E-state index contributed by atoms with van der Waals surface area (Å²) in [5.74, 6) is 0.507. The normalized spacial score (nSPS) is 20.2. The summed E-state index contributed by atoms with van der Waals surface area (Å²) in [4.78, 5) is 18.3. The number of carbonyl (C=O) groups is 1. The number of hydrogen-bond donors (Lipinski definition) is 2. The van der Waals surface area contributed by atoms with Crippen LogP contribution in [0.4, 0.5) is 5.82 Å². The Kier molecular flexibility index (Phi) is 4.61. The summed E-state index contributed by atoms with van der Waals surface area (Å²) in [7, 11) is 1.67. The van der Waals surface area contributed by atoms with E-state index < -0.39 is 0 Å². The molecule has 1 amide bonds. The van der Waals surface area contributed by atoms with Crippen LogP contribution in [0.1, 0.15) is 25.0 Å². The van der Waals surface area contributed by atoms with Crippen LogP contribution in [0.2, 0.25) is 5.02 Å². The summed E-state index contributed by atoms with van der Waals surface area (Å²) in [6.45, 7) is 1.44. The fraction of sp³-hybridized carbons (Fsp3) is 0.538. The van der Waals surface area contributed by atoms with E-state index in [0.717, 1.165) is 31.5 Å². The molecule has 1 atom stereocenters. The quantitative estimate of drug-likeness (QED) is 0.879. The summed E-state index contributed by atoms with van der Waals surface area (Å²) >= 11 is 6.13. The molecule has 3 N–H and O–H groups in total. The lowest BCUT2D eigenvalue weighted by molar-refractivity contribution is -0.127. The van der Waals surface area contributed by atoms with Crippen molar-refractivity contribution in [1.82, 2.24) is 15.2 Å². The summed E-state index contributed by atoms with van der Waals surface area (Å²) in [5.41, 5.74) is 6.42. The molecule has 0 aromatic carbocycles. The number of likely N-dealkylation sites (tertiary alicyclic amines) is 1. The van der Waals surface area contributed by atoms with Crippen molar-refractivity contribution in [3.8, 4) is 0 Å². The number of carbonyl (C=O) groups excluding carboxylic acids is 1. The van der Waals surface area contributed by atoms with Gasteiger partial charge in [0.2, 0.25) is 5.91 Å². The highest BCUT2D eigenvalue weighted by atomic mass is 35.5. The second-order valence-electron chi connectivity index (χ2n) is 4.76. The monoisotopic (exact) mass is 282 g/mol. The second-order valence-corrected chi connectivity index (χ2v) is 5.17. The zero-order chi connectivity index (χ0) is 13.8. The van der Waals surface area contributed by atoms with Gasteiger partial charge in [0.15, 0.2) is 0 Å². The average Bonchev–Trinajstić information content (AvgIpc) is 2.42. The van der Waals surface area contributed by atoms with Gasteiger partial charge in [0.05, 0.1) is 16.8 Å². The number of amides is 1. The first-order chi connectivity index (χ1) is 9.11. The van der Waals surface area contributed by atoms with Gasteiger partial charge in [-0.25, -0.2) is 4.98 Å². The SMILES string of the molecule is CNC(=O)C1CCCCN1Cc1nc(N)ccc1Cl. The molecule has 1 aliphatic rings. The highest BCUT2D eigenvalue weighted by Gasteiger charge is 2.28. The van der Waals surface area contributed by atoms with Crippen LogP contribution in [0.25, 0.3) is 0 Å². The van der Waals surface area contributed by atoms with Crippen LogP contribution >= 0.6 is 11.6 Å². The summed E-state index contributed by atoms with van der Waals surface area (Å²) in [6.07, 6.45) is 3.04. The van der Waals surface area contributed by atoms with Crippen molar-refractivity contribution in [2.24, 2.45) is 0 Å². The summed E-state index contributed by atoms with van der Waals surface area (Å²) in [6, 6.07) is 3.33. The van der Waals surface area contributed by atoms with E-state index in [9.17, 15) is 4.79 Å². The van der Waals surface area contributed by atoms with Crippen LogP contribution in [0.5, 0.6) is 0 Å². The van der Waals surface area contributed by atoms with Gasteiger partial charge in [0.1, 0.15) is 5.82 Å². The van der Waals surface area contributed by atoms with E-state index >= 15 is 0 Å². The fourth-order valence-corrected chi connectivity index (χ4v) is 2.61. The number of likely N-dealkylation sites (N-methyl/N-ethyl adjacent to an activating group) is 1. The highest BCUT2D eigenvalue weighted by molar-refractivity contribution is 6.31. The van der Waals surface area contributed by atoms with E-state index in [4.69, 9.17) is 17.3 Å². The van der Waals surface area contributed by atoms with Crippen LogP contribution < -0.4 is 11.1 Å². The van der Waals surface area contributed by atoms with Crippen molar-refractivity contribution >= 4 is 23.3 Å². The van der Waals surface area contributed by atoms with Gasteiger partial charge in [-0.15, -0.1) is 0 Å². The number of rotatable bonds is 3. The van der Waals surface area contributed by atoms with Crippen LogP contribution in [-0.2, 0) is 11.3 Å². The molecule has 1 fully saturated rings. The molecule has 0 aliphatic carbocycles. The first-order valence-corrected chi connectivity index (χ1v) is 6.86. The Balaban J connectivity index is 2.15. The number of aromatic nitrogens is 1. The maximum Gasteiger partial charge on any atom is 0.237 e. The highest BCUT2D eigenvalue weighted by Crippen LogP contribution is 2.23. The molecule has 1 unspecified atom stereocenters. The number of nitrogens with one attached hydrogen (secondary N) is 1. The largest absolute Gasteiger partial charge is 0.384 e. The van der Waals surface area contributed by atoms with Crippen molar-refractivity contribution in [1.29, 1.82) is 0 Å². The molecule has 19 heavy (non-hydrogen) atoms. The zero-order valence-electron chi connectivity index (χ0n) is 11.0. The minimum absolute atomic E-state index is 0.0553. The molecule has 1 aromatic heterocycles. The van der Waals surface area contributed by atoms with Gasteiger partial charge in [-0.1, -0.05) is 18.0 Å². The molecule has 6 heteroatoms. The van der Waals surface area contributed by atoms with Gasteiger partial charge in [-0.2, -0.15) is 0 Å². The molecule has 1 aliphatic heterocycles. The maximum atomic E-state index is 11.9. The predicted octanol–water partition coefficient (Wildman–Crippen LogP) is 1.42. The zero-order valence-corrected chi connectivity index (χ0v) is 11.8. The number of anilines is 1. The summed E-state index contributed by atoms with van der Waals surface area (Å²) in [5, 5.41) is 3.31. The second kappa shape index (κ2) is 6.21. The number of pyridine rings is 1. The van der Waals surface area contributed by atoms with Gasteiger partial charge in [-0.05, 0) is 31.5 Å². The Morgan fingerprint density at radius 1 is 1.58 bits per heavy atom. The van der Waals surface area contributed by atoms with Gasteiger partial charge < -0.3 is 11.1 Å².